The zero-order chi connectivity index (χ0) is 21.8. The quantitative estimate of drug-likeness (QED) is 0.467. The number of nitrogens with one attached hydrogen (secondary N) is 2. The molecule has 1 aromatic heterocycles. The second kappa shape index (κ2) is 8.62. The lowest BCUT2D eigenvalue weighted by Gasteiger charge is -2.10. The molecular weight excluding hydrogens is 398 g/mol. The number of nitro benzene ring substituents is 1. The highest BCUT2D eigenvalue weighted by Crippen LogP contribution is 2.28. The van der Waals surface area contributed by atoms with Crippen LogP contribution in [0.5, 0.6) is 11.5 Å². The molecule has 2 aromatic carbocycles. The number of amides is 1. The number of benzene rings is 2. The normalized spacial score (nSPS) is 15.0. The van der Waals surface area contributed by atoms with Gasteiger partial charge in [-0.25, -0.2) is 0 Å². The fourth-order valence-electron chi connectivity index (χ4n) is 3.25. The molecule has 0 saturated carbocycles. The Labute approximate surface area is 177 Å². The molecule has 0 spiro atoms. The van der Waals surface area contributed by atoms with Crippen molar-refractivity contribution in [2.45, 2.75) is 12.5 Å². The number of rotatable bonds is 6. The largest absolute Gasteiger partial charge is 0.457 e. The first-order valence-corrected chi connectivity index (χ1v) is 9.56. The molecule has 156 valence electrons. The van der Waals surface area contributed by atoms with Crippen molar-refractivity contribution in [2.24, 2.45) is 5.10 Å². The molecule has 4 rings (SSSR count). The molecule has 1 aliphatic heterocycles. The summed E-state index contributed by atoms with van der Waals surface area (Å²) in [5.41, 5.74) is 5.98. The van der Waals surface area contributed by atoms with Crippen molar-refractivity contribution in [2.75, 3.05) is 7.05 Å². The van der Waals surface area contributed by atoms with Gasteiger partial charge in [-0.15, -0.1) is 0 Å². The second-order valence-corrected chi connectivity index (χ2v) is 6.88. The Balaban J connectivity index is 1.43. The van der Waals surface area contributed by atoms with Crippen molar-refractivity contribution in [3.63, 3.8) is 0 Å². The first-order valence-electron chi connectivity index (χ1n) is 9.56. The van der Waals surface area contributed by atoms with E-state index in [4.69, 9.17) is 4.74 Å². The van der Waals surface area contributed by atoms with Crippen LogP contribution in [0.15, 0.2) is 72.0 Å². The number of aromatic nitrogens is 1. The van der Waals surface area contributed by atoms with Gasteiger partial charge in [-0.05, 0) is 41.5 Å². The maximum Gasteiger partial charge on any atom is 0.269 e. The minimum atomic E-state index is -0.403. The lowest BCUT2D eigenvalue weighted by molar-refractivity contribution is -0.384. The van der Waals surface area contributed by atoms with Gasteiger partial charge in [0.25, 0.3) is 11.6 Å². The Morgan fingerprint density at radius 2 is 1.97 bits per heavy atom. The maximum atomic E-state index is 11.7. The summed E-state index contributed by atoms with van der Waals surface area (Å²) in [6, 6.07) is 17.1. The summed E-state index contributed by atoms with van der Waals surface area (Å²) < 4.78 is 5.82. The molecule has 1 unspecified atom stereocenters. The fourth-order valence-corrected chi connectivity index (χ4v) is 3.25. The Hall–Kier alpha value is -4.27. The van der Waals surface area contributed by atoms with Crippen LogP contribution in [0, 0.1) is 10.1 Å². The number of non-ortho nitro benzene ring substituents is 1. The molecule has 0 bridgehead atoms. The number of hydrogen-bond donors (Lipinski definition) is 2. The molecule has 2 heterocycles. The van der Waals surface area contributed by atoms with Crippen LogP contribution in [0.3, 0.4) is 0 Å². The van der Waals surface area contributed by atoms with Crippen LogP contribution in [0.4, 0.5) is 5.69 Å². The summed E-state index contributed by atoms with van der Waals surface area (Å²) in [6.45, 7) is 0. The van der Waals surface area contributed by atoms with Gasteiger partial charge in [0.1, 0.15) is 17.2 Å². The molecule has 0 fully saturated rings. The number of hydrazone groups is 1. The van der Waals surface area contributed by atoms with Crippen molar-refractivity contribution < 1.29 is 14.5 Å². The van der Waals surface area contributed by atoms with Crippen molar-refractivity contribution >= 4 is 17.3 Å². The van der Waals surface area contributed by atoms with E-state index in [9.17, 15) is 14.9 Å². The van der Waals surface area contributed by atoms with Gasteiger partial charge in [-0.2, -0.15) is 5.10 Å². The highest BCUT2D eigenvalue weighted by Gasteiger charge is 2.22. The average molecular weight is 417 g/mol. The molecule has 9 heteroatoms. The zero-order valence-electron chi connectivity index (χ0n) is 16.6. The molecular formula is C22H19N5O4. The van der Waals surface area contributed by atoms with E-state index in [1.807, 2.05) is 30.3 Å². The van der Waals surface area contributed by atoms with E-state index >= 15 is 0 Å². The third kappa shape index (κ3) is 4.50. The Kier molecular flexibility index (Phi) is 5.57. The molecule has 2 N–H and O–H groups in total. The molecule has 1 aliphatic rings. The van der Waals surface area contributed by atoms with E-state index in [-0.39, 0.29) is 23.3 Å². The maximum absolute atomic E-state index is 11.7. The van der Waals surface area contributed by atoms with Crippen LogP contribution in [0.25, 0.3) is 0 Å². The molecule has 0 aliphatic carbocycles. The highest BCUT2D eigenvalue weighted by molar-refractivity contribution is 6.01. The van der Waals surface area contributed by atoms with E-state index in [2.05, 4.69) is 20.8 Å². The van der Waals surface area contributed by atoms with E-state index in [1.54, 1.807) is 31.3 Å². The van der Waals surface area contributed by atoms with E-state index in [0.29, 0.717) is 17.9 Å². The predicted molar refractivity (Wildman–Crippen MR) is 114 cm³/mol. The van der Waals surface area contributed by atoms with E-state index in [0.717, 1.165) is 16.8 Å². The Morgan fingerprint density at radius 1 is 1.16 bits per heavy atom. The van der Waals surface area contributed by atoms with E-state index < -0.39 is 4.92 Å². The lowest BCUT2D eigenvalue weighted by Crippen LogP contribution is -2.18. The lowest BCUT2D eigenvalue weighted by atomic mass is 9.99. The topological polar surface area (TPSA) is 119 Å². The fraction of sp³-hybridized carbons (Fsp3) is 0.136. The average Bonchev–Trinajstić information content (AvgIpc) is 3.30. The number of nitro groups is 1. The van der Waals surface area contributed by atoms with Crippen LogP contribution in [-0.4, -0.2) is 28.6 Å². The van der Waals surface area contributed by atoms with Gasteiger partial charge in [0, 0.05) is 37.9 Å². The summed E-state index contributed by atoms with van der Waals surface area (Å²) in [6.07, 6.45) is 2.13. The first kappa shape index (κ1) is 20.0. The zero-order valence-corrected chi connectivity index (χ0v) is 16.6. The summed E-state index contributed by atoms with van der Waals surface area (Å²) in [5.74, 6) is 0.831. The van der Waals surface area contributed by atoms with Crippen LogP contribution in [-0.2, 0) is 0 Å². The number of carbonyl (C=O) groups is 1. The van der Waals surface area contributed by atoms with Gasteiger partial charge in [0.15, 0.2) is 0 Å². The van der Waals surface area contributed by atoms with Crippen LogP contribution < -0.4 is 15.5 Å². The van der Waals surface area contributed by atoms with Crippen molar-refractivity contribution in [1.29, 1.82) is 0 Å². The van der Waals surface area contributed by atoms with Gasteiger partial charge >= 0.3 is 0 Å². The number of ether oxygens (including phenoxy) is 1. The molecule has 1 atom stereocenters. The Bertz CT molecular complexity index is 1160. The molecule has 0 radical (unpaired) electrons. The van der Waals surface area contributed by atoms with Gasteiger partial charge < -0.3 is 15.5 Å². The minimum absolute atomic E-state index is 0.0601. The smallest absolute Gasteiger partial charge is 0.269 e. The van der Waals surface area contributed by atoms with E-state index in [1.165, 1.54) is 12.3 Å². The molecule has 3 aromatic rings. The number of nitrogens with zero attached hydrogens (tertiary/aromatic N) is 3. The standard InChI is InChI=1S/C22H19N5O4/c1-23-22(28)21-12-18(9-10-24-21)31-17-7-5-14(6-8-17)19-13-20(26-25-19)15-3-2-4-16(11-15)27(29)30/h2-12,20,26H,13H2,1H3,(H,23,28). The monoisotopic (exact) mass is 417 g/mol. The third-order valence-corrected chi connectivity index (χ3v) is 4.85. The van der Waals surface area contributed by atoms with Crippen LogP contribution in [0.2, 0.25) is 0 Å². The molecule has 31 heavy (non-hydrogen) atoms. The Morgan fingerprint density at radius 3 is 2.71 bits per heavy atom. The first-order chi connectivity index (χ1) is 15.0. The summed E-state index contributed by atoms with van der Waals surface area (Å²) in [5, 5.41) is 17.9. The van der Waals surface area contributed by atoms with Gasteiger partial charge in [-0.1, -0.05) is 12.1 Å². The third-order valence-electron chi connectivity index (χ3n) is 4.85. The number of hydrogen-bond acceptors (Lipinski definition) is 7. The SMILES string of the molecule is CNC(=O)c1cc(Oc2ccc(C3=NNC(c4cccc([N+](=O)[O-])c4)C3)cc2)ccn1. The van der Waals surface area contributed by atoms with Crippen molar-refractivity contribution in [3.8, 4) is 11.5 Å². The van der Waals surface area contributed by atoms with Gasteiger partial charge in [0.05, 0.1) is 16.7 Å². The second-order valence-electron chi connectivity index (χ2n) is 6.88. The minimum Gasteiger partial charge on any atom is -0.457 e. The number of pyridine rings is 1. The summed E-state index contributed by atoms with van der Waals surface area (Å²) in [4.78, 5) is 26.3. The van der Waals surface area contributed by atoms with Crippen LogP contribution >= 0.6 is 0 Å². The summed E-state index contributed by atoms with van der Waals surface area (Å²) >= 11 is 0. The van der Waals surface area contributed by atoms with Crippen molar-refractivity contribution in [1.82, 2.24) is 15.7 Å². The van der Waals surface area contributed by atoms with Gasteiger partial charge in [0.2, 0.25) is 0 Å². The highest BCUT2D eigenvalue weighted by atomic mass is 16.6. The molecule has 1 amide bonds. The summed E-state index contributed by atoms with van der Waals surface area (Å²) in [7, 11) is 1.54. The van der Waals surface area contributed by atoms with Crippen molar-refractivity contribution in [3.05, 3.63) is 93.8 Å². The number of carbonyl (C=O) groups excluding carboxylic acids is 1. The van der Waals surface area contributed by atoms with Crippen LogP contribution in [0.1, 0.15) is 34.1 Å². The van der Waals surface area contributed by atoms with Gasteiger partial charge in [-0.3, -0.25) is 19.9 Å². The molecule has 9 nitrogen and oxygen atoms in total. The molecule has 0 saturated heterocycles. The predicted octanol–water partition coefficient (Wildman–Crippen LogP) is 3.58.